The first-order valence-electron chi connectivity index (χ1n) is 17.6. The molecule has 0 spiro atoms. The van der Waals surface area contributed by atoms with Crippen LogP contribution in [0.3, 0.4) is 0 Å². The molecule has 55 heavy (non-hydrogen) atoms. The highest BCUT2D eigenvalue weighted by atomic mass is 16.5. The first kappa shape index (κ1) is 37.6. The van der Waals surface area contributed by atoms with Gasteiger partial charge in [0.25, 0.3) is 0 Å². The Morgan fingerprint density at radius 1 is 0.436 bits per heavy atom. The van der Waals surface area contributed by atoms with E-state index in [2.05, 4.69) is 62.4 Å². The monoisotopic (exact) mass is 720 g/mol. The van der Waals surface area contributed by atoms with Gasteiger partial charge in [0.1, 0.15) is 24.7 Å². The summed E-state index contributed by atoms with van der Waals surface area (Å²) in [6.45, 7) is 3.94. The molecule has 0 heterocycles. The van der Waals surface area contributed by atoms with Crippen LogP contribution in [0.4, 0.5) is 0 Å². The van der Waals surface area contributed by atoms with E-state index in [9.17, 15) is 31.3 Å². The molecule has 0 atom stereocenters. The number of nitriles is 4. The van der Waals surface area contributed by atoms with Gasteiger partial charge < -0.3 is 19.7 Å². The van der Waals surface area contributed by atoms with E-state index in [1.807, 2.05) is 48.5 Å². The lowest BCUT2D eigenvalue weighted by Gasteiger charge is -2.31. The largest absolute Gasteiger partial charge is 0.490 e. The Morgan fingerprint density at radius 2 is 0.673 bits per heavy atom. The van der Waals surface area contributed by atoms with Gasteiger partial charge in [-0.05, 0) is 106 Å². The molecule has 0 aliphatic heterocycles. The Balaban J connectivity index is 1.66. The van der Waals surface area contributed by atoms with Crippen LogP contribution in [0.1, 0.15) is 47.2 Å². The number of aliphatic hydroxyl groups excluding tert-OH is 2. The Hall–Kier alpha value is -7.20. The third-order valence-corrected chi connectivity index (χ3v) is 9.60. The normalized spacial score (nSPS) is 10.8. The molecule has 8 nitrogen and oxygen atoms in total. The summed E-state index contributed by atoms with van der Waals surface area (Å²) >= 11 is 0. The van der Waals surface area contributed by atoms with Gasteiger partial charge in [0.05, 0.1) is 59.7 Å². The lowest BCUT2D eigenvalue weighted by atomic mass is 9.74. The van der Waals surface area contributed by atoms with E-state index in [0.717, 1.165) is 55.6 Å². The average molecular weight is 721 g/mol. The van der Waals surface area contributed by atoms with E-state index in [4.69, 9.17) is 9.47 Å². The minimum Gasteiger partial charge on any atom is -0.490 e. The van der Waals surface area contributed by atoms with Crippen LogP contribution in [0.5, 0.6) is 11.5 Å². The highest BCUT2D eigenvalue weighted by Crippen LogP contribution is 2.48. The quantitative estimate of drug-likeness (QED) is 0.127. The van der Waals surface area contributed by atoms with Crippen molar-refractivity contribution in [1.82, 2.24) is 0 Å². The second kappa shape index (κ2) is 16.6. The molecule has 0 saturated heterocycles. The van der Waals surface area contributed by atoms with Crippen molar-refractivity contribution in [2.75, 3.05) is 26.4 Å². The number of benzene rings is 6. The highest BCUT2D eigenvalue weighted by Gasteiger charge is 2.30. The van der Waals surface area contributed by atoms with Gasteiger partial charge in [-0.2, -0.15) is 21.0 Å². The summed E-state index contributed by atoms with van der Waals surface area (Å²) in [5, 5.41) is 57.8. The molecule has 0 aliphatic rings. The van der Waals surface area contributed by atoms with Crippen LogP contribution in [-0.4, -0.2) is 36.6 Å². The molecule has 2 N–H and O–H groups in total. The SMILES string of the molecule is CC(C)(c1cc(-c2ccc(C#N)cc2)c(OCCO)c(-c2ccc(C#N)cc2)c1)c1cc(-c2ccc(C#N)cc2)c(OCCO)c(-c2ccc(C#N)cc2)c1. The molecule has 268 valence electrons. The maximum atomic E-state index is 9.84. The fourth-order valence-corrected chi connectivity index (χ4v) is 6.51. The predicted octanol–water partition coefficient (Wildman–Crippen LogP) is 8.91. The molecule has 0 radical (unpaired) electrons. The summed E-state index contributed by atoms with van der Waals surface area (Å²) in [6, 6.07) is 46.0. The smallest absolute Gasteiger partial charge is 0.135 e. The van der Waals surface area contributed by atoms with Crippen LogP contribution >= 0.6 is 0 Å². The first-order chi connectivity index (χ1) is 26.7. The number of hydrogen-bond acceptors (Lipinski definition) is 8. The second-order valence-electron chi connectivity index (χ2n) is 13.3. The van der Waals surface area contributed by atoms with Crippen molar-refractivity contribution < 1.29 is 19.7 Å². The van der Waals surface area contributed by atoms with E-state index < -0.39 is 5.41 Å². The lowest BCUT2D eigenvalue weighted by molar-refractivity contribution is 0.202. The van der Waals surface area contributed by atoms with Crippen molar-refractivity contribution in [3.63, 3.8) is 0 Å². The van der Waals surface area contributed by atoms with Crippen LogP contribution in [-0.2, 0) is 5.41 Å². The Kier molecular flexibility index (Phi) is 11.4. The van der Waals surface area contributed by atoms with Gasteiger partial charge in [0, 0.05) is 27.7 Å². The third kappa shape index (κ3) is 7.93. The summed E-state index contributed by atoms with van der Waals surface area (Å²) in [5.74, 6) is 1.10. The van der Waals surface area contributed by atoms with Crippen molar-refractivity contribution in [2.24, 2.45) is 0 Å². The van der Waals surface area contributed by atoms with Crippen molar-refractivity contribution >= 4 is 0 Å². The molecule has 0 fully saturated rings. The van der Waals surface area contributed by atoms with Crippen molar-refractivity contribution in [3.05, 3.63) is 155 Å². The maximum absolute atomic E-state index is 9.84. The number of ether oxygens (including phenoxy) is 2. The highest BCUT2D eigenvalue weighted by molar-refractivity contribution is 5.86. The van der Waals surface area contributed by atoms with E-state index >= 15 is 0 Å². The zero-order valence-corrected chi connectivity index (χ0v) is 30.4. The molecule has 0 bridgehead atoms. The summed E-state index contributed by atoms with van der Waals surface area (Å²) in [6.07, 6.45) is 0. The van der Waals surface area contributed by atoms with Crippen LogP contribution in [0.2, 0.25) is 0 Å². The Morgan fingerprint density at radius 3 is 0.873 bits per heavy atom. The molecule has 0 unspecified atom stereocenters. The third-order valence-electron chi connectivity index (χ3n) is 9.60. The molecular weight excluding hydrogens is 685 g/mol. The van der Waals surface area contributed by atoms with Crippen LogP contribution in [0.15, 0.2) is 121 Å². The number of hydrogen-bond donors (Lipinski definition) is 2. The zero-order valence-electron chi connectivity index (χ0n) is 30.4. The van der Waals surface area contributed by atoms with Gasteiger partial charge in [-0.25, -0.2) is 0 Å². The standard InChI is InChI=1S/C47H36N4O4/c1-47(2,39-23-41(35-11-3-31(27-48)4-12-35)45(54-21-19-52)42(24-39)36-13-5-32(28-49)6-14-36)40-25-43(37-15-7-33(29-50)8-16-37)46(55-22-20-53)44(26-40)38-17-9-34(30-51)10-18-38/h3-18,23-26,52-53H,19-22H2,1-2H3. The molecular formula is C47H36N4O4. The fourth-order valence-electron chi connectivity index (χ4n) is 6.51. The minimum absolute atomic E-state index is 0.0481. The van der Waals surface area contributed by atoms with Gasteiger partial charge in [-0.1, -0.05) is 62.4 Å². The number of rotatable bonds is 12. The first-order valence-corrected chi connectivity index (χ1v) is 17.6. The van der Waals surface area contributed by atoms with E-state index in [1.54, 1.807) is 48.5 Å². The molecule has 0 amide bonds. The van der Waals surface area contributed by atoms with Gasteiger partial charge in [-0.3, -0.25) is 0 Å². The Bertz CT molecular complexity index is 2160. The van der Waals surface area contributed by atoms with Crippen molar-refractivity contribution in [1.29, 1.82) is 21.0 Å². The molecule has 0 saturated carbocycles. The maximum Gasteiger partial charge on any atom is 0.135 e. The molecule has 6 aromatic carbocycles. The van der Waals surface area contributed by atoms with Crippen LogP contribution in [0.25, 0.3) is 44.5 Å². The minimum atomic E-state index is -0.698. The van der Waals surface area contributed by atoms with Crippen molar-refractivity contribution in [2.45, 2.75) is 19.3 Å². The average Bonchev–Trinajstić information content (AvgIpc) is 3.24. The number of nitrogens with zero attached hydrogens (tertiary/aromatic N) is 4. The zero-order chi connectivity index (χ0) is 39.0. The molecule has 0 aliphatic carbocycles. The summed E-state index contributed by atoms with van der Waals surface area (Å²) < 4.78 is 12.6. The lowest BCUT2D eigenvalue weighted by Crippen LogP contribution is -2.20. The van der Waals surface area contributed by atoms with Gasteiger partial charge in [0.15, 0.2) is 0 Å². The van der Waals surface area contributed by atoms with Crippen LogP contribution in [0, 0.1) is 45.3 Å². The van der Waals surface area contributed by atoms with Crippen LogP contribution < -0.4 is 9.47 Å². The van der Waals surface area contributed by atoms with E-state index in [0.29, 0.717) is 33.8 Å². The fraction of sp³-hybridized carbons (Fsp3) is 0.149. The van der Waals surface area contributed by atoms with Gasteiger partial charge >= 0.3 is 0 Å². The summed E-state index contributed by atoms with van der Waals surface area (Å²) in [4.78, 5) is 0. The van der Waals surface area contributed by atoms with E-state index in [-0.39, 0.29) is 26.4 Å². The van der Waals surface area contributed by atoms with Crippen molar-refractivity contribution in [3.8, 4) is 80.3 Å². The van der Waals surface area contributed by atoms with Gasteiger partial charge in [0.2, 0.25) is 0 Å². The summed E-state index contributed by atoms with van der Waals surface area (Å²) in [7, 11) is 0. The summed E-state index contributed by atoms with van der Waals surface area (Å²) in [5.41, 5.74) is 9.45. The Labute approximate surface area is 320 Å². The molecule has 6 aromatic rings. The second-order valence-corrected chi connectivity index (χ2v) is 13.3. The van der Waals surface area contributed by atoms with E-state index in [1.165, 1.54) is 0 Å². The number of aliphatic hydroxyl groups is 2. The van der Waals surface area contributed by atoms with Gasteiger partial charge in [-0.15, -0.1) is 0 Å². The predicted molar refractivity (Wildman–Crippen MR) is 211 cm³/mol. The topological polar surface area (TPSA) is 154 Å². The molecule has 0 aromatic heterocycles. The molecule has 6 rings (SSSR count). The molecule has 8 heteroatoms.